The van der Waals surface area contributed by atoms with Gasteiger partial charge in [0, 0.05) is 12.6 Å². The minimum absolute atomic E-state index is 0.385. The van der Waals surface area contributed by atoms with Crippen molar-refractivity contribution in [1.29, 1.82) is 0 Å². The zero-order valence-electron chi connectivity index (χ0n) is 11.1. The minimum atomic E-state index is 0.385. The number of ether oxygens (including phenoxy) is 2. The first-order chi connectivity index (χ1) is 8.67. The Kier molecular flexibility index (Phi) is 3.86. The summed E-state index contributed by atoms with van der Waals surface area (Å²) >= 11 is 0. The number of anilines is 1. The third-order valence-corrected chi connectivity index (χ3v) is 3.34. The Morgan fingerprint density at radius 2 is 1.94 bits per heavy atom. The van der Waals surface area contributed by atoms with Gasteiger partial charge in [-0.25, -0.2) is 0 Å². The molecule has 1 aliphatic rings. The molecule has 0 saturated carbocycles. The topological polar surface area (TPSA) is 73.5 Å². The Morgan fingerprint density at radius 3 is 2.39 bits per heavy atom. The van der Waals surface area contributed by atoms with Gasteiger partial charge in [0.25, 0.3) is 0 Å². The molecule has 2 rings (SSSR count). The maximum Gasteiger partial charge on any atom is 0.232 e. The van der Waals surface area contributed by atoms with E-state index in [1.54, 1.807) is 20.3 Å². The van der Waals surface area contributed by atoms with Gasteiger partial charge in [-0.05, 0) is 25.8 Å². The second kappa shape index (κ2) is 5.39. The number of nitrogens with zero attached hydrogens (tertiary/aromatic N) is 3. The van der Waals surface area contributed by atoms with E-state index in [1.807, 2.05) is 0 Å². The van der Waals surface area contributed by atoms with Crippen LogP contribution in [0.15, 0.2) is 6.07 Å². The lowest BCUT2D eigenvalue weighted by Gasteiger charge is -2.22. The largest absolute Gasteiger partial charge is 0.481 e. The SMILES string of the molecule is COc1cc(OC)nc(N2CC(CN)CC2C)n1. The predicted molar refractivity (Wildman–Crippen MR) is 69.1 cm³/mol. The van der Waals surface area contributed by atoms with Gasteiger partial charge in [-0.1, -0.05) is 0 Å². The van der Waals surface area contributed by atoms with Crippen molar-refractivity contribution in [2.75, 3.05) is 32.2 Å². The smallest absolute Gasteiger partial charge is 0.232 e. The Balaban J connectivity index is 2.27. The fourth-order valence-electron chi connectivity index (χ4n) is 2.32. The van der Waals surface area contributed by atoms with Gasteiger partial charge < -0.3 is 20.1 Å². The second-order valence-corrected chi connectivity index (χ2v) is 4.59. The summed E-state index contributed by atoms with van der Waals surface area (Å²) in [6, 6.07) is 2.06. The van der Waals surface area contributed by atoms with Crippen LogP contribution >= 0.6 is 0 Å². The van der Waals surface area contributed by atoms with Crippen LogP contribution < -0.4 is 20.1 Å². The summed E-state index contributed by atoms with van der Waals surface area (Å²) in [5.74, 6) is 2.18. The van der Waals surface area contributed by atoms with Crippen LogP contribution in [0, 0.1) is 5.92 Å². The van der Waals surface area contributed by atoms with Gasteiger partial charge in [0.05, 0.1) is 20.3 Å². The van der Waals surface area contributed by atoms with Crippen LogP contribution in [0.1, 0.15) is 13.3 Å². The zero-order valence-corrected chi connectivity index (χ0v) is 11.1. The molecule has 0 radical (unpaired) electrons. The Labute approximate surface area is 107 Å². The van der Waals surface area contributed by atoms with Crippen LogP contribution in [0.5, 0.6) is 11.8 Å². The maximum absolute atomic E-state index is 5.73. The molecule has 0 aliphatic carbocycles. The maximum atomic E-state index is 5.73. The first kappa shape index (κ1) is 12.9. The summed E-state index contributed by atoms with van der Waals surface area (Å²) in [6.07, 6.45) is 1.07. The van der Waals surface area contributed by atoms with E-state index in [4.69, 9.17) is 15.2 Å². The summed E-state index contributed by atoms with van der Waals surface area (Å²) in [5.41, 5.74) is 5.73. The van der Waals surface area contributed by atoms with E-state index in [2.05, 4.69) is 21.8 Å². The number of aromatic nitrogens is 2. The Hall–Kier alpha value is -1.56. The fourth-order valence-corrected chi connectivity index (χ4v) is 2.32. The number of nitrogens with two attached hydrogens (primary N) is 1. The molecule has 6 nitrogen and oxygen atoms in total. The summed E-state index contributed by atoms with van der Waals surface area (Å²) in [5, 5.41) is 0. The average Bonchev–Trinajstić information content (AvgIpc) is 2.79. The summed E-state index contributed by atoms with van der Waals surface area (Å²) in [4.78, 5) is 10.9. The lowest BCUT2D eigenvalue weighted by Crippen LogP contribution is -2.29. The number of methoxy groups -OCH3 is 2. The average molecular weight is 252 g/mol. The van der Waals surface area contributed by atoms with E-state index in [1.165, 1.54) is 0 Å². The fraction of sp³-hybridized carbons (Fsp3) is 0.667. The van der Waals surface area contributed by atoms with Crippen LogP contribution in [0.3, 0.4) is 0 Å². The highest BCUT2D eigenvalue weighted by molar-refractivity contribution is 5.39. The third kappa shape index (κ3) is 2.48. The highest BCUT2D eigenvalue weighted by atomic mass is 16.5. The lowest BCUT2D eigenvalue weighted by molar-refractivity contribution is 0.371. The molecular weight excluding hydrogens is 232 g/mol. The molecule has 1 aliphatic heterocycles. The first-order valence-electron chi connectivity index (χ1n) is 6.11. The second-order valence-electron chi connectivity index (χ2n) is 4.59. The van der Waals surface area contributed by atoms with Gasteiger partial charge in [0.1, 0.15) is 0 Å². The molecule has 6 heteroatoms. The molecule has 0 amide bonds. The molecule has 0 bridgehead atoms. The van der Waals surface area contributed by atoms with Crippen molar-refractivity contribution >= 4 is 5.95 Å². The van der Waals surface area contributed by atoms with E-state index < -0.39 is 0 Å². The molecule has 1 fully saturated rings. The van der Waals surface area contributed by atoms with E-state index >= 15 is 0 Å². The van der Waals surface area contributed by atoms with Crippen LogP contribution in [0.4, 0.5) is 5.95 Å². The third-order valence-electron chi connectivity index (χ3n) is 3.34. The van der Waals surface area contributed by atoms with Crippen LogP contribution in [-0.2, 0) is 0 Å². The Bertz CT molecular complexity index is 391. The van der Waals surface area contributed by atoms with Gasteiger partial charge in [0.15, 0.2) is 0 Å². The predicted octanol–water partition coefficient (Wildman–Crippen LogP) is 0.667. The minimum Gasteiger partial charge on any atom is -0.481 e. The molecule has 0 spiro atoms. The van der Waals surface area contributed by atoms with Crippen LogP contribution in [0.25, 0.3) is 0 Å². The van der Waals surface area contributed by atoms with Gasteiger partial charge >= 0.3 is 0 Å². The van der Waals surface area contributed by atoms with Crippen molar-refractivity contribution < 1.29 is 9.47 Å². The van der Waals surface area contributed by atoms with Crippen molar-refractivity contribution in [2.45, 2.75) is 19.4 Å². The number of rotatable bonds is 4. The highest BCUT2D eigenvalue weighted by Crippen LogP contribution is 2.28. The van der Waals surface area contributed by atoms with E-state index in [0.29, 0.717) is 36.2 Å². The van der Waals surface area contributed by atoms with Crippen molar-refractivity contribution in [3.8, 4) is 11.8 Å². The van der Waals surface area contributed by atoms with Crippen molar-refractivity contribution in [2.24, 2.45) is 11.7 Å². The van der Waals surface area contributed by atoms with E-state index in [-0.39, 0.29) is 0 Å². The molecule has 1 saturated heterocycles. The standard InChI is InChI=1S/C12H20N4O2/c1-8-4-9(6-13)7-16(8)12-14-10(17-2)5-11(15-12)18-3/h5,8-9H,4,6-7,13H2,1-3H3. The number of hydrogen-bond acceptors (Lipinski definition) is 6. The normalized spacial score (nSPS) is 23.2. The molecule has 2 heterocycles. The molecular formula is C12H20N4O2. The highest BCUT2D eigenvalue weighted by Gasteiger charge is 2.30. The lowest BCUT2D eigenvalue weighted by atomic mass is 10.1. The molecule has 0 aromatic carbocycles. The van der Waals surface area contributed by atoms with Gasteiger partial charge in [-0.3, -0.25) is 0 Å². The van der Waals surface area contributed by atoms with E-state index in [9.17, 15) is 0 Å². The molecule has 1 aromatic heterocycles. The summed E-state index contributed by atoms with van der Waals surface area (Å²) < 4.78 is 10.3. The zero-order chi connectivity index (χ0) is 13.1. The van der Waals surface area contributed by atoms with Crippen molar-refractivity contribution in [1.82, 2.24) is 9.97 Å². The van der Waals surface area contributed by atoms with Crippen LogP contribution in [-0.4, -0.2) is 43.3 Å². The monoisotopic (exact) mass is 252 g/mol. The molecule has 100 valence electrons. The molecule has 2 atom stereocenters. The quantitative estimate of drug-likeness (QED) is 0.849. The first-order valence-corrected chi connectivity index (χ1v) is 6.11. The summed E-state index contributed by atoms with van der Waals surface area (Å²) in [7, 11) is 3.17. The van der Waals surface area contributed by atoms with Crippen LogP contribution in [0.2, 0.25) is 0 Å². The molecule has 2 N–H and O–H groups in total. The van der Waals surface area contributed by atoms with Crippen molar-refractivity contribution in [3.05, 3.63) is 6.07 Å². The molecule has 18 heavy (non-hydrogen) atoms. The Morgan fingerprint density at radius 1 is 1.33 bits per heavy atom. The molecule has 1 aromatic rings. The van der Waals surface area contributed by atoms with Gasteiger partial charge in [-0.15, -0.1) is 0 Å². The van der Waals surface area contributed by atoms with E-state index in [0.717, 1.165) is 13.0 Å². The number of hydrogen-bond donors (Lipinski definition) is 1. The van der Waals surface area contributed by atoms with Gasteiger partial charge in [-0.2, -0.15) is 9.97 Å². The van der Waals surface area contributed by atoms with Crippen molar-refractivity contribution in [3.63, 3.8) is 0 Å². The summed E-state index contributed by atoms with van der Waals surface area (Å²) in [6.45, 7) is 3.74. The van der Waals surface area contributed by atoms with Gasteiger partial charge in [0.2, 0.25) is 17.7 Å². The molecule has 2 unspecified atom stereocenters.